The Bertz CT molecular complexity index is 937. The summed E-state index contributed by atoms with van der Waals surface area (Å²) in [5, 5.41) is 0. The van der Waals surface area contributed by atoms with E-state index in [1.54, 1.807) is 12.7 Å². The van der Waals surface area contributed by atoms with E-state index in [0.29, 0.717) is 24.6 Å². The number of anilines is 1. The molecule has 8 nitrogen and oxygen atoms in total. The molecule has 9 heteroatoms. The summed E-state index contributed by atoms with van der Waals surface area (Å²) in [5.41, 5.74) is 2.04. The number of ether oxygens (including phenoxy) is 1. The highest BCUT2D eigenvalue weighted by Gasteiger charge is 2.24. The fourth-order valence-corrected chi connectivity index (χ4v) is 3.41. The molecular weight excluding hydrogens is 349 g/mol. The van der Waals surface area contributed by atoms with Crippen LogP contribution in [0.25, 0.3) is 11.2 Å². The number of hydrogen-bond donors (Lipinski definition) is 0. The minimum atomic E-state index is -0.448. The van der Waals surface area contributed by atoms with Crippen molar-refractivity contribution in [2.45, 2.75) is 26.2 Å². The van der Waals surface area contributed by atoms with E-state index in [9.17, 15) is 4.39 Å². The molecule has 0 atom stereocenters. The third-order valence-electron chi connectivity index (χ3n) is 5.01. The highest BCUT2D eigenvalue weighted by molar-refractivity contribution is 5.83. The van der Waals surface area contributed by atoms with E-state index in [2.05, 4.69) is 29.8 Å². The van der Waals surface area contributed by atoms with Gasteiger partial charge >= 0.3 is 0 Å². The van der Waals surface area contributed by atoms with Crippen molar-refractivity contribution >= 4 is 17.0 Å². The van der Waals surface area contributed by atoms with Crippen LogP contribution in [-0.2, 0) is 13.5 Å². The lowest BCUT2D eigenvalue weighted by atomic mass is 9.98. The number of nitrogens with zero attached hydrogens (tertiary/aromatic N) is 7. The Balaban J connectivity index is 1.38. The maximum atomic E-state index is 14.2. The molecule has 0 bridgehead atoms. The molecule has 3 aromatic rings. The Kier molecular flexibility index (Phi) is 4.83. The molecule has 0 radical (unpaired) electrons. The lowest BCUT2D eigenvalue weighted by molar-refractivity contribution is 0.206. The summed E-state index contributed by atoms with van der Waals surface area (Å²) < 4.78 is 21.7. The Morgan fingerprint density at radius 3 is 2.67 bits per heavy atom. The zero-order valence-corrected chi connectivity index (χ0v) is 15.5. The smallest absolute Gasteiger partial charge is 0.253 e. The maximum absolute atomic E-state index is 14.2. The van der Waals surface area contributed by atoms with Gasteiger partial charge in [-0.1, -0.05) is 6.92 Å². The molecule has 1 fully saturated rings. The van der Waals surface area contributed by atoms with Crippen molar-refractivity contribution in [1.29, 1.82) is 0 Å². The largest absolute Gasteiger partial charge is 0.475 e. The summed E-state index contributed by atoms with van der Waals surface area (Å²) >= 11 is 0. The lowest BCUT2D eigenvalue weighted by Crippen LogP contribution is -2.36. The van der Waals surface area contributed by atoms with Crippen molar-refractivity contribution in [3.8, 4) is 5.88 Å². The Morgan fingerprint density at radius 1 is 1.11 bits per heavy atom. The van der Waals surface area contributed by atoms with Crippen LogP contribution in [-0.4, -0.2) is 49.2 Å². The van der Waals surface area contributed by atoms with Gasteiger partial charge in [-0.2, -0.15) is 9.37 Å². The molecule has 1 aliphatic heterocycles. The van der Waals surface area contributed by atoms with E-state index >= 15 is 0 Å². The van der Waals surface area contributed by atoms with E-state index < -0.39 is 5.82 Å². The van der Waals surface area contributed by atoms with Crippen LogP contribution < -0.4 is 9.64 Å². The number of piperidine rings is 1. The van der Waals surface area contributed by atoms with Gasteiger partial charge in [0.05, 0.1) is 18.6 Å². The van der Waals surface area contributed by atoms with E-state index in [4.69, 9.17) is 4.74 Å². The Labute approximate surface area is 156 Å². The molecule has 0 amide bonds. The monoisotopic (exact) mass is 371 g/mol. The first-order chi connectivity index (χ1) is 13.2. The average molecular weight is 371 g/mol. The molecule has 0 aromatic carbocycles. The Morgan fingerprint density at radius 2 is 1.89 bits per heavy atom. The summed E-state index contributed by atoms with van der Waals surface area (Å²) in [6.45, 7) is 4.01. The molecule has 4 rings (SSSR count). The van der Waals surface area contributed by atoms with Crippen LogP contribution in [0.15, 0.2) is 19.0 Å². The second-order valence-corrected chi connectivity index (χ2v) is 6.76. The fourth-order valence-electron chi connectivity index (χ4n) is 3.41. The molecule has 0 saturated carbocycles. The van der Waals surface area contributed by atoms with Gasteiger partial charge in [-0.3, -0.25) is 0 Å². The standard InChI is InChI=1S/C18H22FN7O/c1-3-13-14(19)18(23-9-20-13)27-8-12-4-6-26(7-5-12)17-15-16(21-10-22-17)25(2)11-24-15/h9-12H,3-8H2,1-2H3. The van der Waals surface area contributed by atoms with Gasteiger partial charge < -0.3 is 14.2 Å². The van der Waals surface area contributed by atoms with Gasteiger partial charge in [-0.25, -0.2) is 19.9 Å². The number of aryl methyl sites for hydroxylation is 2. The van der Waals surface area contributed by atoms with Crippen LogP contribution in [0.2, 0.25) is 0 Å². The zero-order chi connectivity index (χ0) is 18.8. The second kappa shape index (κ2) is 7.42. The second-order valence-electron chi connectivity index (χ2n) is 6.76. The summed E-state index contributed by atoms with van der Waals surface area (Å²) in [6, 6.07) is 0. The van der Waals surface area contributed by atoms with E-state index in [1.165, 1.54) is 6.33 Å². The summed E-state index contributed by atoms with van der Waals surface area (Å²) in [6.07, 6.45) is 7.08. The molecule has 3 aromatic heterocycles. The SMILES string of the molecule is CCc1ncnc(OCC2CCN(c3ncnc4c3ncn4C)CC2)c1F. The number of halogens is 1. The van der Waals surface area contributed by atoms with Crippen molar-refractivity contribution in [3.63, 3.8) is 0 Å². The summed E-state index contributed by atoms with van der Waals surface area (Å²) in [7, 11) is 1.92. The van der Waals surface area contributed by atoms with Crippen LogP contribution in [0.5, 0.6) is 5.88 Å². The maximum Gasteiger partial charge on any atom is 0.253 e. The number of rotatable bonds is 5. The molecule has 0 aliphatic carbocycles. The number of imidazole rings is 1. The van der Waals surface area contributed by atoms with Crippen LogP contribution in [0, 0.1) is 11.7 Å². The van der Waals surface area contributed by atoms with Gasteiger partial charge in [0.2, 0.25) is 5.82 Å². The molecule has 0 unspecified atom stereocenters. The topological polar surface area (TPSA) is 81.8 Å². The molecule has 27 heavy (non-hydrogen) atoms. The summed E-state index contributed by atoms with van der Waals surface area (Å²) in [5.74, 6) is 0.822. The van der Waals surface area contributed by atoms with Crippen LogP contribution in [0.4, 0.5) is 10.2 Å². The molecule has 1 saturated heterocycles. The highest BCUT2D eigenvalue weighted by atomic mass is 19.1. The first-order valence-electron chi connectivity index (χ1n) is 9.16. The van der Waals surface area contributed by atoms with Crippen molar-refractivity contribution in [3.05, 3.63) is 30.5 Å². The van der Waals surface area contributed by atoms with Gasteiger partial charge in [0.1, 0.15) is 12.7 Å². The minimum absolute atomic E-state index is 0.0512. The molecule has 0 N–H and O–H groups in total. The van der Waals surface area contributed by atoms with Crippen LogP contribution >= 0.6 is 0 Å². The van der Waals surface area contributed by atoms with Crippen LogP contribution in [0.1, 0.15) is 25.5 Å². The predicted molar refractivity (Wildman–Crippen MR) is 98.1 cm³/mol. The normalized spacial score (nSPS) is 15.4. The molecule has 142 valence electrons. The molecular formula is C18H22FN7O. The lowest BCUT2D eigenvalue weighted by Gasteiger charge is -2.32. The Hall–Kier alpha value is -2.84. The molecule has 0 spiro atoms. The highest BCUT2D eigenvalue weighted by Crippen LogP contribution is 2.27. The quantitative estimate of drug-likeness (QED) is 0.680. The number of hydrogen-bond acceptors (Lipinski definition) is 7. The predicted octanol–water partition coefficient (Wildman–Crippen LogP) is 2.15. The first kappa shape index (κ1) is 17.6. The number of aromatic nitrogens is 6. The van der Waals surface area contributed by atoms with Gasteiger partial charge in [-0.15, -0.1) is 0 Å². The fraction of sp³-hybridized carbons (Fsp3) is 0.500. The average Bonchev–Trinajstić information content (AvgIpc) is 3.09. The third-order valence-corrected chi connectivity index (χ3v) is 5.01. The van der Waals surface area contributed by atoms with Gasteiger partial charge in [0.25, 0.3) is 5.88 Å². The molecule has 1 aliphatic rings. The summed E-state index contributed by atoms with van der Waals surface area (Å²) in [4.78, 5) is 23.2. The van der Waals surface area contributed by atoms with E-state index in [0.717, 1.165) is 42.9 Å². The molecule has 4 heterocycles. The van der Waals surface area contributed by atoms with Crippen LogP contribution in [0.3, 0.4) is 0 Å². The van der Waals surface area contributed by atoms with Crippen molar-refractivity contribution < 1.29 is 9.13 Å². The zero-order valence-electron chi connectivity index (χ0n) is 15.5. The van der Waals surface area contributed by atoms with Crippen molar-refractivity contribution in [1.82, 2.24) is 29.5 Å². The van der Waals surface area contributed by atoms with Gasteiger partial charge in [0, 0.05) is 20.1 Å². The first-order valence-corrected chi connectivity index (χ1v) is 9.16. The third kappa shape index (κ3) is 3.41. The van der Waals surface area contributed by atoms with E-state index in [-0.39, 0.29) is 5.88 Å². The van der Waals surface area contributed by atoms with Gasteiger partial charge in [-0.05, 0) is 25.2 Å². The van der Waals surface area contributed by atoms with Gasteiger partial charge in [0.15, 0.2) is 17.0 Å². The number of fused-ring (bicyclic) bond motifs is 1. The minimum Gasteiger partial charge on any atom is -0.475 e. The van der Waals surface area contributed by atoms with E-state index in [1.807, 2.05) is 18.5 Å². The van der Waals surface area contributed by atoms with Crippen molar-refractivity contribution in [2.24, 2.45) is 13.0 Å². The van der Waals surface area contributed by atoms with Crippen molar-refractivity contribution in [2.75, 3.05) is 24.6 Å².